The third kappa shape index (κ3) is 5.77. The van der Waals surface area contributed by atoms with Crippen LogP contribution in [0.3, 0.4) is 0 Å². The van der Waals surface area contributed by atoms with Crippen molar-refractivity contribution in [3.63, 3.8) is 0 Å². The van der Waals surface area contributed by atoms with Crippen LogP contribution in [0.5, 0.6) is 0 Å². The lowest BCUT2D eigenvalue weighted by Gasteiger charge is -2.08. The largest absolute Gasteiger partial charge is 0.463 e. The Bertz CT molecular complexity index is 710. The summed E-state index contributed by atoms with van der Waals surface area (Å²) in [5.74, 6) is -0.450. The van der Waals surface area contributed by atoms with Gasteiger partial charge in [0, 0.05) is 17.5 Å². The van der Waals surface area contributed by atoms with Crippen LogP contribution in [0.4, 0.5) is 0 Å². The SMILES string of the molecule is Cc1cccc(-c2nc(CC(=O)NCCC(=O)OC(C)C)cs2)c1. The first-order valence-electron chi connectivity index (χ1n) is 7.91. The quantitative estimate of drug-likeness (QED) is 0.782. The Balaban J connectivity index is 1.82. The maximum absolute atomic E-state index is 11.9. The summed E-state index contributed by atoms with van der Waals surface area (Å²) in [6.07, 6.45) is 0.250. The summed E-state index contributed by atoms with van der Waals surface area (Å²) in [5, 5.41) is 5.52. The van der Waals surface area contributed by atoms with Crippen LogP contribution in [-0.4, -0.2) is 29.5 Å². The van der Waals surface area contributed by atoms with Crippen LogP contribution in [0.2, 0.25) is 0 Å². The number of rotatable bonds is 7. The van der Waals surface area contributed by atoms with Gasteiger partial charge in [0.25, 0.3) is 0 Å². The molecule has 0 spiro atoms. The van der Waals surface area contributed by atoms with Gasteiger partial charge in [-0.25, -0.2) is 4.98 Å². The van der Waals surface area contributed by atoms with Crippen LogP contribution in [0.15, 0.2) is 29.6 Å². The molecule has 1 heterocycles. The van der Waals surface area contributed by atoms with Gasteiger partial charge in [-0.15, -0.1) is 11.3 Å². The molecule has 1 aromatic carbocycles. The highest BCUT2D eigenvalue weighted by molar-refractivity contribution is 7.13. The van der Waals surface area contributed by atoms with Crippen LogP contribution in [0, 0.1) is 6.92 Å². The summed E-state index contributed by atoms with van der Waals surface area (Å²) in [4.78, 5) is 27.8. The predicted octanol–water partition coefficient (Wildman–Crippen LogP) is 3.12. The van der Waals surface area contributed by atoms with Crippen molar-refractivity contribution in [2.75, 3.05) is 6.54 Å². The molecule has 24 heavy (non-hydrogen) atoms. The van der Waals surface area contributed by atoms with E-state index in [1.165, 1.54) is 16.9 Å². The molecule has 2 rings (SSSR count). The second-order valence-corrected chi connectivity index (χ2v) is 6.69. The zero-order valence-electron chi connectivity index (χ0n) is 14.2. The minimum absolute atomic E-state index is 0.136. The molecule has 0 saturated carbocycles. The first kappa shape index (κ1) is 18.1. The van der Waals surface area contributed by atoms with Crippen LogP contribution in [-0.2, 0) is 20.7 Å². The topological polar surface area (TPSA) is 68.3 Å². The highest BCUT2D eigenvalue weighted by Gasteiger charge is 2.10. The standard InChI is InChI=1S/C18H22N2O3S/c1-12(2)23-17(22)7-8-19-16(21)10-15-11-24-18(20-15)14-6-4-5-13(3)9-14/h4-6,9,11-12H,7-8,10H2,1-3H3,(H,19,21). The Kier molecular flexibility index (Phi) is 6.49. The molecule has 1 N–H and O–H groups in total. The Hall–Kier alpha value is -2.21. The third-order valence-electron chi connectivity index (χ3n) is 3.18. The molecule has 1 amide bonds. The number of hydrogen-bond acceptors (Lipinski definition) is 5. The predicted molar refractivity (Wildman–Crippen MR) is 94.8 cm³/mol. The fraction of sp³-hybridized carbons (Fsp3) is 0.389. The van der Waals surface area contributed by atoms with Crippen molar-refractivity contribution in [2.24, 2.45) is 0 Å². The number of carbonyl (C=O) groups is 2. The van der Waals surface area contributed by atoms with E-state index in [0.29, 0.717) is 0 Å². The summed E-state index contributed by atoms with van der Waals surface area (Å²) >= 11 is 1.52. The summed E-state index contributed by atoms with van der Waals surface area (Å²) < 4.78 is 5.01. The first-order chi connectivity index (χ1) is 11.4. The summed E-state index contributed by atoms with van der Waals surface area (Å²) in [6.45, 7) is 5.91. The number of hydrogen-bond donors (Lipinski definition) is 1. The minimum atomic E-state index is -0.305. The van der Waals surface area contributed by atoms with Gasteiger partial charge in [0.2, 0.25) is 5.91 Å². The maximum atomic E-state index is 11.9. The minimum Gasteiger partial charge on any atom is -0.463 e. The molecule has 6 heteroatoms. The molecule has 0 radical (unpaired) electrons. The molecule has 0 unspecified atom stereocenters. The number of aromatic nitrogens is 1. The monoisotopic (exact) mass is 346 g/mol. The van der Waals surface area contributed by atoms with Crippen LogP contribution in [0.25, 0.3) is 10.6 Å². The molecule has 128 valence electrons. The van der Waals surface area contributed by atoms with Crippen LogP contribution >= 0.6 is 11.3 Å². The first-order valence-corrected chi connectivity index (χ1v) is 8.79. The average Bonchev–Trinajstić information content (AvgIpc) is 2.95. The van der Waals surface area contributed by atoms with Crippen molar-refractivity contribution >= 4 is 23.2 Å². The Morgan fingerprint density at radius 2 is 2.12 bits per heavy atom. The van der Waals surface area contributed by atoms with Crippen molar-refractivity contribution < 1.29 is 14.3 Å². The number of nitrogens with one attached hydrogen (secondary N) is 1. The second kappa shape index (κ2) is 8.59. The average molecular weight is 346 g/mol. The van der Waals surface area contributed by atoms with Crippen molar-refractivity contribution in [1.29, 1.82) is 0 Å². The molecule has 1 aromatic heterocycles. The van der Waals surface area contributed by atoms with Gasteiger partial charge in [0.15, 0.2) is 0 Å². The molecule has 0 aliphatic rings. The normalized spacial score (nSPS) is 10.7. The van der Waals surface area contributed by atoms with Gasteiger partial charge in [0.05, 0.1) is 24.6 Å². The lowest BCUT2D eigenvalue weighted by molar-refractivity contribution is -0.147. The van der Waals surface area contributed by atoms with E-state index in [-0.39, 0.29) is 37.4 Å². The number of benzene rings is 1. The molecule has 0 saturated heterocycles. The Morgan fingerprint density at radius 1 is 1.33 bits per heavy atom. The van der Waals surface area contributed by atoms with Gasteiger partial charge in [-0.2, -0.15) is 0 Å². The molecule has 0 bridgehead atoms. The van der Waals surface area contributed by atoms with E-state index < -0.39 is 0 Å². The number of aryl methyl sites for hydroxylation is 1. The Morgan fingerprint density at radius 3 is 2.83 bits per heavy atom. The number of carbonyl (C=O) groups excluding carboxylic acids is 2. The van der Waals surface area contributed by atoms with E-state index in [1.54, 1.807) is 13.8 Å². The van der Waals surface area contributed by atoms with Crippen LogP contribution < -0.4 is 5.32 Å². The van der Waals surface area contributed by atoms with Gasteiger partial charge in [-0.05, 0) is 26.8 Å². The molecule has 5 nitrogen and oxygen atoms in total. The van der Waals surface area contributed by atoms with Crippen LogP contribution in [0.1, 0.15) is 31.5 Å². The van der Waals surface area contributed by atoms with Crippen molar-refractivity contribution in [1.82, 2.24) is 10.3 Å². The second-order valence-electron chi connectivity index (χ2n) is 5.83. The maximum Gasteiger partial charge on any atom is 0.307 e. The van der Waals surface area contributed by atoms with E-state index in [1.807, 2.05) is 30.5 Å². The Labute approximate surface area is 146 Å². The fourth-order valence-electron chi connectivity index (χ4n) is 2.15. The fourth-order valence-corrected chi connectivity index (χ4v) is 2.97. The van der Waals surface area contributed by atoms with Gasteiger partial charge in [-0.1, -0.05) is 23.8 Å². The number of esters is 1. The number of amides is 1. The lowest BCUT2D eigenvalue weighted by Crippen LogP contribution is -2.28. The van der Waals surface area contributed by atoms with E-state index in [2.05, 4.69) is 16.4 Å². The molecule has 0 aliphatic carbocycles. The highest BCUT2D eigenvalue weighted by Crippen LogP contribution is 2.24. The molecule has 0 atom stereocenters. The van der Waals surface area contributed by atoms with E-state index in [9.17, 15) is 9.59 Å². The smallest absolute Gasteiger partial charge is 0.307 e. The van der Waals surface area contributed by atoms with E-state index in [0.717, 1.165) is 16.3 Å². The molecule has 0 aliphatic heterocycles. The number of thiazole rings is 1. The zero-order valence-corrected chi connectivity index (χ0v) is 15.0. The van der Waals surface area contributed by atoms with Gasteiger partial charge >= 0.3 is 5.97 Å². The molecular formula is C18H22N2O3S. The van der Waals surface area contributed by atoms with Crippen molar-refractivity contribution in [2.45, 2.75) is 39.7 Å². The molecular weight excluding hydrogens is 324 g/mol. The number of ether oxygens (including phenoxy) is 1. The summed E-state index contributed by atoms with van der Waals surface area (Å²) in [7, 11) is 0. The summed E-state index contributed by atoms with van der Waals surface area (Å²) in [6, 6.07) is 8.11. The van der Waals surface area contributed by atoms with Crippen molar-refractivity contribution in [3.05, 3.63) is 40.9 Å². The van der Waals surface area contributed by atoms with Gasteiger partial charge in [-0.3, -0.25) is 9.59 Å². The number of nitrogens with zero attached hydrogens (tertiary/aromatic N) is 1. The van der Waals surface area contributed by atoms with E-state index in [4.69, 9.17) is 4.74 Å². The van der Waals surface area contributed by atoms with Gasteiger partial charge in [0.1, 0.15) is 5.01 Å². The zero-order chi connectivity index (χ0) is 17.5. The van der Waals surface area contributed by atoms with E-state index >= 15 is 0 Å². The highest BCUT2D eigenvalue weighted by atomic mass is 32.1. The third-order valence-corrected chi connectivity index (χ3v) is 4.12. The van der Waals surface area contributed by atoms with Crippen molar-refractivity contribution in [3.8, 4) is 10.6 Å². The molecule has 0 fully saturated rings. The summed E-state index contributed by atoms with van der Waals surface area (Å²) in [5.41, 5.74) is 2.97. The van der Waals surface area contributed by atoms with Gasteiger partial charge < -0.3 is 10.1 Å². The molecule has 2 aromatic rings. The lowest BCUT2D eigenvalue weighted by atomic mass is 10.1.